The van der Waals surface area contributed by atoms with Crippen molar-refractivity contribution in [2.45, 2.75) is 26.8 Å². The largest absolute Gasteiger partial charge is 0.379 e. The number of rotatable bonds is 8. The monoisotopic (exact) mass is 293 g/mol. The number of nitrogens with one attached hydrogen (secondary N) is 3. The van der Waals surface area contributed by atoms with E-state index in [2.05, 4.69) is 36.7 Å². The Morgan fingerprint density at radius 3 is 2.71 bits per heavy atom. The summed E-state index contributed by atoms with van der Waals surface area (Å²) in [5.41, 5.74) is 1.92. The highest BCUT2D eigenvalue weighted by Crippen LogP contribution is 2.16. The molecular formula is C16H27N3O2. The van der Waals surface area contributed by atoms with E-state index in [9.17, 15) is 4.79 Å². The van der Waals surface area contributed by atoms with Crippen LogP contribution in [0.15, 0.2) is 24.3 Å². The van der Waals surface area contributed by atoms with Gasteiger partial charge in [-0.1, -0.05) is 26.0 Å². The van der Waals surface area contributed by atoms with E-state index in [0.717, 1.165) is 11.3 Å². The number of amides is 2. The van der Waals surface area contributed by atoms with Crippen LogP contribution >= 0.6 is 0 Å². The molecule has 0 spiro atoms. The van der Waals surface area contributed by atoms with E-state index >= 15 is 0 Å². The molecule has 3 N–H and O–H groups in total. The Hall–Kier alpha value is -1.59. The van der Waals surface area contributed by atoms with E-state index in [-0.39, 0.29) is 12.1 Å². The number of benzene rings is 1. The van der Waals surface area contributed by atoms with Gasteiger partial charge in [0.05, 0.1) is 6.61 Å². The lowest BCUT2D eigenvalue weighted by atomic mass is 10.1. The fourth-order valence-corrected chi connectivity index (χ4v) is 1.78. The second kappa shape index (κ2) is 9.37. The Bertz CT molecular complexity index is 435. The molecule has 0 saturated heterocycles. The third kappa shape index (κ3) is 7.11. The fourth-order valence-electron chi connectivity index (χ4n) is 1.78. The van der Waals surface area contributed by atoms with E-state index in [1.54, 1.807) is 0 Å². The number of hydrogen-bond acceptors (Lipinski definition) is 3. The molecule has 5 nitrogen and oxygen atoms in total. The highest BCUT2D eigenvalue weighted by atomic mass is 16.5. The van der Waals surface area contributed by atoms with Gasteiger partial charge in [-0.05, 0) is 37.6 Å². The first-order valence-electron chi connectivity index (χ1n) is 7.42. The highest BCUT2D eigenvalue weighted by molar-refractivity contribution is 5.89. The Morgan fingerprint density at radius 2 is 2.05 bits per heavy atom. The maximum atomic E-state index is 11.8. The molecule has 1 aromatic rings. The molecule has 0 saturated carbocycles. The van der Waals surface area contributed by atoms with Crippen LogP contribution in [0.3, 0.4) is 0 Å². The van der Waals surface area contributed by atoms with Gasteiger partial charge in [0, 0.05) is 24.9 Å². The maximum absolute atomic E-state index is 11.8. The van der Waals surface area contributed by atoms with E-state index < -0.39 is 0 Å². The zero-order valence-corrected chi connectivity index (χ0v) is 13.4. The van der Waals surface area contributed by atoms with Crippen molar-refractivity contribution < 1.29 is 9.53 Å². The number of ether oxygens (including phenoxy) is 1. The van der Waals surface area contributed by atoms with Crippen LogP contribution < -0.4 is 16.0 Å². The fraction of sp³-hybridized carbons (Fsp3) is 0.562. The van der Waals surface area contributed by atoms with E-state index in [0.29, 0.717) is 25.7 Å². The second-order valence-electron chi connectivity index (χ2n) is 5.49. The SMILES string of the molecule is CNC(C)c1cccc(NC(=O)NCCOCC(C)C)c1. The summed E-state index contributed by atoms with van der Waals surface area (Å²) in [5.74, 6) is 0.510. The van der Waals surface area contributed by atoms with E-state index in [1.807, 2.05) is 31.3 Å². The number of anilines is 1. The quantitative estimate of drug-likeness (QED) is 0.646. The van der Waals surface area contributed by atoms with Crippen LogP contribution in [-0.4, -0.2) is 32.8 Å². The van der Waals surface area contributed by atoms with Crippen LogP contribution in [0.4, 0.5) is 10.5 Å². The van der Waals surface area contributed by atoms with Gasteiger partial charge in [0.1, 0.15) is 0 Å². The molecule has 0 aromatic heterocycles. The first-order chi connectivity index (χ1) is 10.0. The van der Waals surface area contributed by atoms with Crippen molar-refractivity contribution in [1.82, 2.24) is 10.6 Å². The predicted octanol–water partition coefficient (Wildman–Crippen LogP) is 2.76. The predicted molar refractivity (Wildman–Crippen MR) is 86.6 cm³/mol. The van der Waals surface area contributed by atoms with Gasteiger partial charge >= 0.3 is 6.03 Å². The van der Waals surface area contributed by atoms with Crippen LogP contribution in [0, 0.1) is 5.92 Å². The smallest absolute Gasteiger partial charge is 0.319 e. The first kappa shape index (κ1) is 17.5. The van der Waals surface area contributed by atoms with E-state index in [4.69, 9.17) is 4.74 Å². The van der Waals surface area contributed by atoms with Gasteiger partial charge in [0.2, 0.25) is 0 Å². The lowest BCUT2D eigenvalue weighted by Crippen LogP contribution is -2.31. The zero-order chi connectivity index (χ0) is 15.7. The summed E-state index contributed by atoms with van der Waals surface area (Å²) < 4.78 is 5.41. The second-order valence-corrected chi connectivity index (χ2v) is 5.49. The Labute approximate surface area is 127 Å². The van der Waals surface area contributed by atoms with Gasteiger partial charge in [-0.25, -0.2) is 4.79 Å². The van der Waals surface area contributed by atoms with Gasteiger partial charge in [-0.2, -0.15) is 0 Å². The normalized spacial score (nSPS) is 12.2. The number of carbonyl (C=O) groups is 1. The van der Waals surface area contributed by atoms with Crippen molar-refractivity contribution >= 4 is 11.7 Å². The maximum Gasteiger partial charge on any atom is 0.319 e. The average Bonchev–Trinajstić information content (AvgIpc) is 2.46. The van der Waals surface area contributed by atoms with Crippen molar-refractivity contribution in [3.63, 3.8) is 0 Å². The van der Waals surface area contributed by atoms with Crippen molar-refractivity contribution in [1.29, 1.82) is 0 Å². The van der Waals surface area contributed by atoms with E-state index in [1.165, 1.54) is 0 Å². The molecule has 1 rings (SSSR count). The highest BCUT2D eigenvalue weighted by Gasteiger charge is 2.05. The average molecular weight is 293 g/mol. The van der Waals surface area contributed by atoms with Gasteiger partial charge in [-0.15, -0.1) is 0 Å². The lowest BCUT2D eigenvalue weighted by Gasteiger charge is -2.13. The summed E-state index contributed by atoms with van der Waals surface area (Å²) in [4.78, 5) is 11.8. The summed E-state index contributed by atoms with van der Waals surface area (Å²) in [6.45, 7) is 8.02. The molecule has 2 amide bonds. The third-order valence-electron chi connectivity index (χ3n) is 3.06. The van der Waals surface area contributed by atoms with Crippen molar-refractivity contribution in [3.05, 3.63) is 29.8 Å². The van der Waals surface area contributed by atoms with Crippen molar-refractivity contribution in [2.24, 2.45) is 5.92 Å². The molecule has 0 radical (unpaired) electrons. The summed E-state index contributed by atoms with van der Waals surface area (Å²) in [6.07, 6.45) is 0. The van der Waals surface area contributed by atoms with Gasteiger partial charge < -0.3 is 20.7 Å². The Balaban J connectivity index is 2.34. The Morgan fingerprint density at radius 1 is 1.29 bits per heavy atom. The first-order valence-corrected chi connectivity index (χ1v) is 7.42. The molecule has 0 fully saturated rings. The topological polar surface area (TPSA) is 62.4 Å². The van der Waals surface area contributed by atoms with Gasteiger partial charge in [0.25, 0.3) is 0 Å². The molecule has 0 aliphatic heterocycles. The van der Waals surface area contributed by atoms with Crippen LogP contribution in [-0.2, 0) is 4.74 Å². The summed E-state index contributed by atoms with van der Waals surface area (Å²) in [5, 5.41) is 8.78. The van der Waals surface area contributed by atoms with Crippen LogP contribution in [0.5, 0.6) is 0 Å². The molecule has 1 aromatic carbocycles. The molecule has 5 heteroatoms. The summed E-state index contributed by atoms with van der Waals surface area (Å²) in [6, 6.07) is 7.85. The lowest BCUT2D eigenvalue weighted by molar-refractivity contribution is 0.113. The molecule has 1 unspecified atom stereocenters. The molecule has 0 aliphatic carbocycles. The zero-order valence-electron chi connectivity index (χ0n) is 13.4. The molecule has 1 atom stereocenters. The summed E-state index contributed by atoms with van der Waals surface area (Å²) in [7, 11) is 1.91. The minimum absolute atomic E-state index is 0.211. The molecular weight excluding hydrogens is 266 g/mol. The van der Waals surface area contributed by atoms with Crippen molar-refractivity contribution in [3.8, 4) is 0 Å². The third-order valence-corrected chi connectivity index (χ3v) is 3.06. The summed E-state index contributed by atoms with van der Waals surface area (Å²) >= 11 is 0. The number of hydrogen-bond donors (Lipinski definition) is 3. The number of carbonyl (C=O) groups excluding carboxylic acids is 1. The van der Waals surface area contributed by atoms with Crippen LogP contribution in [0.1, 0.15) is 32.4 Å². The Kier molecular flexibility index (Phi) is 7.79. The van der Waals surface area contributed by atoms with Crippen LogP contribution in [0.25, 0.3) is 0 Å². The number of urea groups is 1. The van der Waals surface area contributed by atoms with Gasteiger partial charge in [0.15, 0.2) is 0 Å². The van der Waals surface area contributed by atoms with Crippen molar-refractivity contribution in [2.75, 3.05) is 32.1 Å². The van der Waals surface area contributed by atoms with Crippen LogP contribution in [0.2, 0.25) is 0 Å². The molecule has 21 heavy (non-hydrogen) atoms. The molecule has 0 bridgehead atoms. The molecule has 118 valence electrons. The molecule has 0 aliphatic rings. The van der Waals surface area contributed by atoms with Gasteiger partial charge in [-0.3, -0.25) is 0 Å². The molecule has 0 heterocycles. The standard InChI is InChI=1S/C16H27N3O2/c1-12(2)11-21-9-8-18-16(20)19-15-7-5-6-14(10-15)13(3)17-4/h5-7,10,12-13,17H,8-9,11H2,1-4H3,(H2,18,19,20). The minimum atomic E-state index is -0.211. The minimum Gasteiger partial charge on any atom is -0.379 e.